The first-order chi connectivity index (χ1) is 13.8. The summed E-state index contributed by atoms with van der Waals surface area (Å²) in [5.74, 6) is 1.84. The monoisotopic (exact) mass is 383 g/mol. The third kappa shape index (κ3) is 7.93. The van der Waals surface area contributed by atoms with E-state index in [9.17, 15) is 0 Å². The number of nitrogens with zero attached hydrogens (tertiary/aromatic N) is 1. The maximum atomic E-state index is 5.89. The standard InChI is InChI=1S/C25H37NO2/c1-4-26(5-2)20-10-8-6-7-9-11-21-28-25-18-14-23(15-19-25)22-12-16-24(27-3)17-13-22/h12-19H,4-11,20-21H2,1-3H3. The Balaban J connectivity index is 1.57. The second-order valence-corrected chi connectivity index (χ2v) is 7.25. The lowest BCUT2D eigenvalue weighted by Gasteiger charge is -2.17. The minimum absolute atomic E-state index is 0.807. The number of benzene rings is 2. The van der Waals surface area contributed by atoms with Gasteiger partial charge in [0.1, 0.15) is 11.5 Å². The van der Waals surface area contributed by atoms with Crippen molar-refractivity contribution >= 4 is 0 Å². The highest BCUT2D eigenvalue weighted by Crippen LogP contribution is 2.24. The molecule has 0 aliphatic rings. The molecule has 0 unspecified atom stereocenters. The second kappa shape index (κ2) is 13.2. The summed E-state index contributed by atoms with van der Waals surface area (Å²) < 4.78 is 11.1. The highest BCUT2D eigenvalue weighted by atomic mass is 16.5. The van der Waals surface area contributed by atoms with Crippen molar-refractivity contribution in [1.29, 1.82) is 0 Å². The summed E-state index contributed by atoms with van der Waals surface area (Å²) in [6.07, 6.45) is 7.74. The van der Waals surface area contributed by atoms with E-state index in [0.29, 0.717) is 0 Å². The number of rotatable bonds is 14. The van der Waals surface area contributed by atoms with Crippen LogP contribution in [0.3, 0.4) is 0 Å². The van der Waals surface area contributed by atoms with Crippen molar-refractivity contribution in [3.63, 3.8) is 0 Å². The summed E-state index contributed by atoms with van der Waals surface area (Å²) in [7, 11) is 1.69. The van der Waals surface area contributed by atoms with Crippen molar-refractivity contribution < 1.29 is 9.47 Å². The first kappa shape index (κ1) is 22.3. The number of ether oxygens (including phenoxy) is 2. The fourth-order valence-corrected chi connectivity index (χ4v) is 3.40. The predicted molar refractivity (Wildman–Crippen MR) is 119 cm³/mol. The van der Waals surface area contributed by atoms with E-state index in [0.717, 1.165) is 24.5 Å². The Bertz CT molecular complexity index is 633. The van der Waals surface area contributed by atoms with Gasteiger partial charge in [0.05, 0.1) is 13.7 Å². The molecule has 2 rings (SSSR count). The molecule has 0 atom stereocenters. The van der Waals surface area contributed by atoms with Gasteiger partial charge in [0.15, 0.2) is 0 Å². The molecule has 2 aromatic rings. The van der Waals surface area contributed by atoms with Crippen molar-refractivity contribution in [1.82, 2.24) is 4.90 Å². The van der Waals surface area contributed by atoms with E-state index in [-0.39, 0.29) is 0 Å². The molecular formula is C25H37NO2. The van der Waals surface area contributed by atoms with Crippen LogP contribution in [0.4, 0.5) is 0 Å². The van der Waals surface area contributed by atoms with E-state index >= 15 is 0 Å². The smallest absolute Gasteiger partial charge is 0.119 e. The zero-order valence-electron chi connectivity index (χ0n) is 18.0. The van der Waals surface area contributed by atoms with Crippen molar-refractivity contribution in [2.45, 2.75) is 52.4 Å². The van der Waals surface area contributed by atoms with E-state index in [1.807, 2.05) is 12.1 Å². The van der Waals surface area contributed by atoms with Gasteiger partial charge in [-0.15, -0.1) is 0 Å². The fourth-order valence-electron chi connectivity index (χ4n) is 3.40. The molecule has 0 fully saturated rings. The predicted octanol–water partition coefficient (Wildman–Crippen LogP) is 6.42. The first-order valence-electron chi connectivity index (χ1n) is 10.9. The maximum Gasteiger partial charge on any atom is 0.119 e. The zero-order valence-corrected chi connectivity index (χ0v) is 18.0. The second-order valence-electron chi connectivity index (χ2n) is 7.25. The Morgan fingerprint density at radius 2 is 1.14 bits per heavy atom. The van der Waals surface area contributed by atoms with Crippen LogP contribution in [0.5, 0.6) is 11.5 Å². The molecule has 0 aliphatic carbocycles. The van der Waals surface area contributed by atoms with Gasteiger partial charge in [0.2, 0.25) is 0 Å². The Hall–Kier alpha value is -2.00. The van der Waals surface area contributed by atoms with Crippen LogP contribution in [0.2, 0.25) is 0 Å². The summed E-state index contributed by atoms with van der Waals surface area (Å²) >= 11 is 0. The maximum absolute atomic E-state index is 5.89. The molecule has 0 aliphatic heterocycles. The highest BCUT2D eigenvalue weighted by Gasteiger charge is 2.01. The van der Waals surface area contributed by atoms with Crippen LogP contribution in [0, 0.1) is 0 Å². The van der Waals surface area contributed by atoms with Crippen LogP contribution in [0.1, 0.15) is 52.4 Å². The van der Waals surface area contributed by atoms with Gasteiger partial charge in [0.25, 0.3) is 0 Å². The topological polar surface area (TPSA) is 21.7 Å². The van der Waals surface area contributed by atoms with Gasteiger partial charge < -0.3 is 14.4 Å². The summed E-state index contributed by atoms with van der Waals surface area (Å²) in [5, 5.41) is 0. The van der Waals surface area contributed by atoms with E-state index in [2.05, 4.69) is 55.1 Å². The first-order valence-corrected chi connectivity index (χ1v) is 10.9. The molecule has 0 spiro atoms. The van der Waals surface area contributed by atoms with Crippen LogP contribution >= 0.6 is 0 Å². The molecule has 0 aromatic heterocycles. The minimum atomic E-state index is 0.807. The van der Waals surface area contributed by atoms with Gasteiger partial charge in [-0.25, -0.2) is 0 Å². The number of unbranched alkanes of at least 4 members (excludes halogenated alkanes) is 5. The molecule has 0 bridgehead atoms. The molecule has 2 aromatic carbocycles. The zero-order chi connectivity index (χ0) is 20.0. The molecular weight excluding hydrogens is 346 g/mol. The molecule has 0 amide bonds. The number of methoxy groups -OCH3 is 1. The average Bonchev–Trinajstić information content (AvgIpc) is 2.76. The summed E-state index contributed by atoms with van der Waals surface area (Å²) in [6.45, 7) is 8.90. The molecule has 3 nitrogen and oxygen atoms in total. The Kier molecular flexibility index (Phi) is 10.5. The molecule has 0 N–H and O–H groups in total. The van der Waals surface area contributed by atoms with Gasteiger partial charge in [-0.1, -0.05) is 63.8 Å². The van der Waals surface area contributed by atoms with Crippen LogP contribution in [-0.4, -0.2) is 38.3 Å². The van der Waals surface area contributed by atoms with Gasteiger partial charge in [0, 0.05) is 0 Å². The third-order valence-electron chi connectivity index (χ3n) is 5.31. The van der Waals surface area contributed by atoms with Crippen molar-refractivity contribution in [3.05, 3.63) is 48.5 Å². The molecule has 3 heteroatoms. The van der Waals surface area contributed by atoms with Crippen LogP contribution in [-0.2, 0) is 0 Å². The lowest BCUT2D eigenvalue weighted by atomic mass is 10.1. The fraction of sp³-hybridized carbons (Fsp3) is 0.520. The Morgan fingerprint density at radius 1 is 0.643 bits per heavy atom. The van der Waals surface area contributed by atoms with Gasteiger partial charge >= 0.3 is 0 Å². The van der Waals surface area contributed by atoms with E-state index in [1.165, 1.54) is 62.9 Å². The molecule has 154 valence electrons. The normalized spacial score (nSPS) is 11.0. The summed E-state index contributed by atoms with van der Waals surface area (Å²) in [4.78, 5) is 2.51. The molecule has 0 heterocycles. The Labute approximate surface area is 171 Å². The van der Waals surface area contributed by atoms with Crippen LogP contribution < -0.4 is 9.47 Å². The van der Waals surface area contributed by atoms with Gasteiger partial charge in [-0.05, 0) is 67.9 Å². The largest absolute Gasteiger partial charge is 0.497 e. The van der Waals surface area contributed by atoms with E-state index in [4.69, 9.17) is 9.47 Å². The highest BCUT2D eigenvalue weighted by molar-refractivity contribution is 5.64. The minimum Gasteiger partial charge on any atom is -0.497 e. The summed E-state index contributed by atoms with van der Waals surface area (Å²) in [6, 6.07) is 16.5. The van der Waals surface area contributed by atoms with Crippen LogP contribution in [0.15, 0.2) is 48.5 Å². The van der Waals surface area contributed by atoms with Crippen molar-refractivity contribution in [2.75, 3.05) is 33.4 Å². The number of hydrogen-bond donors (Lipinski definition) is 0. The van der Waals surface area contributed by atoms with E-state index < -0.39 is 0 Å². The molecule has 0 saturated heterocycles. The lowest BCUT2D eigenvalue weighted by molar-refractivity contribution is 0.292. The quantitative estimate of drug-likeness (QED) is 0.351. The Morgan fingerprint density at radius 3 is 1.68 bits per heavy atom. The van der Waals surface area contributed by atoms with Crippen molar-refractivity contribution in [2.24, 2.45) is 0 Å². The molecule has 0 saturated carbocycles. The van der Waals surface area contributed by atoms with Crippen molar-refractivity contribution in [3.8, 4) is 22.6 Å². The summed E-state index contributed by atoms with van der Waals surface area (Å²) in [5.41, 5.74) is 2.38. The van der Waals surface area contributed by atoms with Gasteiger partial charge in [-0.2, -0.15) is 0 Å². The third-order valence-corrected chi connectivity index (χ3v) is 5.31. The molecule has 0 radical (unpaired) electrons. The molecule has 28 heavy (non-hydrogen) atoms. The number of hydrogen-bond acceptors (Lipinski definition) is 3. The van der Waals surface area contributed by atoms with Gasteiger partial charge in [-0.3, -0.25) is 0 Å². The average molecular weight is 384 g/mol. The lowest BCUT2D eigenvalue weighted by Crippen LogP contribution is -2.23. The van der Waals surface area contributed by atoms with Crippen LogP contribution in [0.25, 0.3) is 11.1 Å². The SMILES string of the molecule is CCN(CC)CCCCCCCCOc1ccc(-c2ccc(OC)cc2)cc1. The van der Waals surface area contributed by atoms with E-state index in [1.54, 1.807) is 7.11 Å².